The van der Waals surface area contributed by atoms with Crippen LogP contribution in [0.25, 0.3) is 11.1 Å². The van der Waals surface area contributed by atoms with E-state index in [1.165, 1.54) is 12.1 Å². The van der Waals surface area contributed by atoms with Gasteiger partial charge in [-0.05, 0) is 92.7 Å². The molecule has 2 aromatic rings. The van der Waals surface area contributed by atoms with E-state index in [1.807, 2.05) is 6.07 Å². The summed E-state index contributed by atoms with van der Waals surface area (Å²) in [5.74, 6) is -4.71. The van der Waals surface area contributed by atoms with E-state index in [0.717, 1.165) is 50.4 Å². The number of ether oxygens (including phenoxy) is 1. The zero-order valence-corrected chi connectivity index (χ0v) is 22.7. The van der Waals surface area contributed by atoms with Gasteiger partial charge in [0.15, 0.2) is 0 Å². The minimum Gasteiger partial charge on any atom is -0.373 e. The Balaban J connectivity index is 1.31. The Labute approximate surface area is 228 Å². The molecule has 212 valence electrons. The number of halogens is 4. The van der Waals surface area contributed by atoms with Crippen LogP contribution in [0.3, 0.4) is 0 Å². The van der Waals surface area contributed by atoms with Crippen molar-refractivity contribution in [3.8, 4) is 11.1 Å². The van der Waals surface area contributed by atoms with Crippen LogP contribution in [0.15, 0.2) is 36.4 Å². The molecular weight excluding hydrogens is 508 g/mol. The van der Waals surface area contributed by atoms with Crippen molar-refractivity contribution in [2.24, 2.45) is 0 Å². The van der Waals surface area contributed by atoms with Gasteiger partial charge in [-0.25, -0.2) is 17.6 Å². The number of benzene rings is 2. The molecule has 0 unspecified atom stereocenters. The molecule has 0 radical (unpaired) electrons. The molecule has 3 fully saturated rings. The molecule has 4 nitrogen and oxygen atoms in total. The highest BCUT2D eigenvalue weighted by Crippen LogP contribution is 2.46. The van der Waals surface area contributed by atoms with Crippen LogP contribution in [0.4, 0.5) is 17.6 Å². The van der Waals surface area contributed by atoms with Gasteiger partial charge in [-0.1, -0.05) is 18.2 Å². The lowest BCUT2D eigenvalue weighted by Gasteiger charge is -2.42. The Morgan fingerprint density at radius 3 is 2.38 bits per heavy atom. The summed E-state index contributed by atoms with van der Waals surface area (Å²) in [4.78, 5) is 15.6. The minimum absolute atomic E-state index is 0.0798. The second-order valence-corrected chi connectivity index (χ2v) is 11.7. The van der Waals surface area contributed by atoms with Crippen LogP contribution in [0.5, 0.6) is 0 Å². The van der Waals surface area contributed by atoms with Gasteiger partial charge in [-0.3, -0.25) is 4.79 Å². The highest BCUT2D eigenvalue weighted by molar-refractivity contribution is 5.81. The van der Waals surface area contributed by atoms with Gasteiger partial charge in [-0.2, -0.15) is 0 Å². The molecule has 0 spiro atoms. The lowest BCUT2D eigenvalue weighted by molar-refractivity contribution is -0.157. The average Bonchev–Trinajstić information content (AvgIpc) is 3.71. The van der Waals surface area contributed by atoms with Crippen molar-refractivity contribution in [2.75, 3.05) is 13.1 Å². The predicted molar refractivity (Wildman–Crippen MR) is 143 cm³/mol. The Morgan fingerprint density at radius 1 is 1.05 bits per heavy atom. The number of alkyl halides is 2. The molecule has 1 amide bonds. The second kappa shape index (κ2) is 11.6. The summed E-state index contributed by atoms with van der Waals surface area (Å²) in [6.07, 6.45) is 3.05. The molecule has 2 aromatic carbocycles. The van der Waals surface area contributed by atoms with Gasteiger partial charge in [0, 0.05) is 31.6 Å². The van der Waals surface area contributed by atoms with E-state index in [2.05, 4.69) is 24.1 Å². The summed E-state index contributed by atoms with van der Waals surface area (Å²) >= 11 is 0. The fourth-order valence-corrected chi connectivity index (χ4v) is 6.23. The van der Waals surface area contributed by atoms with Crippen molar-refractivity contribution < 1.29 is 27.1 Å². The smallest absolute Gasteiger partial charge is 0.270 e. The van der Waals surface area contributed by atoms with Gasteiger partial charge >= 0.3 is 0 Å². The van der Waals surface area contributed by atoms with Crippen molar-refractivity contribution in [2.45, 2.75) is 101 Å². The van der Waals surface area contributed by atoms with Crippen molar-refractivity contribution in [3.05, 3.63) is 59.2 Å². The number of hydrogen-bond acceptors (Lipinski definition) is 3. The molecule has 1 N–H and O–H groups in total. The zero-order chi connectivity index (χ0) is 27.7. The van der Waals surface area contributed by atoms with E-state index in [9.17, 15) is 13.6 Å². The van der Waals surface area contributed by atoms with Crippen LogP contribution in [-0.4, -0.2) is 54.1 Å². The maximum atomic E-state index is 15.1. The van der Waals surface area contributed by atoms with Gasteiger partial charge < -0.3 is 15.0 Å². The molecule has 3 aliphatic rings. The lowest BCUT2D eigenvalue weighted by atomic mass is 9.87. The predicted octanol–water partition coefficient (Wildman–Crippen LogP) is 6.61. The molecule has 2 aliphatic carbocycles. The maximum Gasteiger partial charge on any atom is 0.270 e. The maximum absolute atomic E-state index is 15.1. The van der Waals surface area contributed by atoms with E-state index in [1.54, 1.807) is 12.1 Å². The number of carbonyl (C=O) groups excluding carboxylic acids is 1. The van der Waals surface area contributed by atoms with Crippen molar-refractivity contribution in [1.82, 2.24) is 10.2 Å². The van der Waals surface area contributed by atoms with Crippen molar-refractivity contribution in [1.29, 1.82) is 0 Å². The zero-order valence-electron chi connectivity index (χ0n) is 22.7. The molecule has 8 heteroatoms. The molecular formula is C31H38F4N2O2. The van der Waals surface area contributed by atoms with Crippen LogP contribution in [0, 0.1) is 11.6 Å². The summed E-state index contributed by atoms with van der Waals surface area (Å²) < 4.78 is 64.5. The first kappa shape index (κ1) is 28.1. The van der Waals surface area contributed by atoms with Crippen LogP contribution in [0.1, 0.15) is 75.8 Å². The topological polar surface area (TPSA) is 41.6 Å². The Morgan fingerprint density at radius 2 is 1.74 bits per heavy atom. The van der Waals surface area contributed by atoms with Crippen molar-refractivity contribution >= 4 is 5.91 Å². The monoisotopic (exact) mass is 546 g/mol. The second-order valence-electron chi connectivity index (χ2n) is 11.7. The third kappa shape index (κ3) is 6.65. The van der Waals surface area contributed by atoms with Gasteiger partial charge in [0.1, 0.15) is 17.7 Å². The van der Waals surface area contributed by atoms with Gasteiger partial charge in [0.05, 0.1) is 18.6 Å². The normalized spacial score (nSPS) is 24.2. The number of nitrogens with one attached hydrogen (secondary N) is 1. The summed E-state index contributed by atoms with van der Waals surface area (Å²) in [5.41, 5.74) is 2.66. The third-order valence-electron chi connectivity index (χ3n) is 8.42. The standard InChI is InChI=1S/C31H38F4N2O2/c1-19(2)37-13-10-25(11-14-37)39-27-7-4-12-31(34,35)30(27)36-28(38)17-21-5-3-6-26(29(21)20-8-9-20)22-15-23(32)18-24(33)16-22/h3,5-6,15-16,18-20,25,27,30H,4,7-14,17H2,1-2H3,(H,36,38)/t27-,30+/m0/s1. The molecule has 1 saturated heterocycles. The van der Waals surface area contributed by atoms with E-state index < -0.39 is 35.6 Å². The number of amides is 1. The average molecular weight is 547 g/mol. The number of carbonyl (C=O) groups is 1. The summed E-state index contributed by atoms with van der Waals surface area (Å²) in [6, 6.07) is 7.80. The minimum atomic E-state index is -3.06. The number of nitrogens with zero attached hydrogens (tertiary/aromatic N) is 1. The number of rotatable bonds is 8. The Kier molecular flexibility index (Phi) is 8.34. The molecule has 0 aromatic heterocycles. The van der Waals surface area contributed by atoms with Gasteiger partial charge in [0.25, 0.3) is 5.92 Å². The Hall–Kier alpha value is -2.45. The molecule has 1 heterocycles. The van der Waals surface area contributed by atoms with Crippen LogP contribution in [-0.2, 0) is 16.0 Å². The first-order chi connectivity index (χ1) is 18.6. The van der Waals surface area contributed by atoms with Crippen molar-refractivity contribution in [3.63, 3.8) is 0 Å². The molecule has 2 atom stereocenters. The summed E-state index contributed by atoms with van der Waals surface area (Å²) in [5, 5.41) is 2.64. The largest absolute Gasteiger partial charge is 0.373 e. The summed E-state index contributed by atoms with van der Waals surface area (Å²) in [7, 11) is 0. The molecule has 2 saturated carbocycles. The molecule has 0 bridgehead atoms. The van der Waals surface area contributed by atoms with E-state index in [-0.39, 0.29) is 24.9 Å². The van der Waals surface area contributed by atoms with Gasteiger partial charge in [0.2, 0.25) is 5.91 Å². The number of piperidine rings is 1. The first-order valence-electron chi connectivity index (χ1n) is 14.3. The lowest BCUT2D eigenvalue weighted by Crippen LogP contribution is -2.58. The quantitative estimate of drug-likeness (QED) is 0.379. The highest BCUT2D eigenvalue weighted by Gasteiger charge is 2.49. The van der Waals surface area contributed by atoms with E-state index >= 15 is 8.78 Å². The fourth-order valence-electron chi connectivity index (χ4n) is 6.23. The van der Waals surface area contributed by atoms with Crippen LogP contribution < -0.4 is 5.32 Å². The van der Waals surface area contributed by atoms with Crippen LogP contribution >= 0.6 is 0 Å². The fraction of sp³-hybridized carbons (Fsp3) is 0.581. The third-order valence-corrected chi connectivity index (χ3v) is 8.42. The molecule has 1 aliphatic heterocycles. The first-order valence-corrected chi connectivity index (χ1v) is 14.3. The highest BCUT2D eigenvalue weighted by atomic mass is 19.3. The number of likely N-dealkylation sites (tertiary alicyclic amines) is 1. The van der Waals surface area contributed by atoms with E-state index in [4.69, 9.17) is 4.74 Å². The van der Waals surface area contributed by atoms with Gasteiger partial charge in [-0.15, -0.1) is 0 Å². The van der Waals surface area contributed by atoms with E-state index in [0.29, 0.717) is 35.6 Å². The number of hydrogen-bond donors (Lipinski definition) is 1. The van der Waals surface area contributed by atoms with Crippen LogP contribution in [0.2, 0.25) is 0 Å². The Bertz CT molecular complexity index is 1150. The molecule has 39 heavy (non-hydrogen) atoms. The molecule has 5 rings (SSSR count). The SMILES string of the molecule is CC(C)N1CCC(O[C@H]2CCCC(F)(F)[C@@H]2NC(=O)Cc2cccc(-c3cc(F)cc(F)c3)c2C2CC2)CC1. The summed E-state index contributed by atoms with van der Waals surface area (Å²) in [6.45, 7) is 6.04.